The van der Waals surface area contributed by atoms with Crippen molar-refractivity contribution in [3.8, 4) is 5.75 Å². The Morgan fingerprint density at radius 2 is 1.82 bits per heavy atom. The van der Waals surface area contributed by atoms with Crippen LogP contribution in [0.25, 0.3) is 0 Å². The summed E-state index contributed by atoms with van der Waals surface area (Å²) in [7, 11) is 1.66. The minimum absolute atomic E-state index is 0.344. The van der Waals surface area contributed by atoms with Crippen LogP contribution >= 0.6 is 34.8 Å². The second kappa shape index (κ2) is 4.85. The summed E-state index contributed by atoms with van der Waals surface area (Å²) < 4.78 is 3.91. The molecule has 0 saturated carbocycles. The van der Waals surface area contributed by atoms with Crippen molar-refractivity contribution in [2.24, 2.45) is 0 Å². The van der Waals surface area contributed by atoms with E-state index in [4.69, 9.17) is 39.5 Å². The molecule has 1 aliphatic rings. The molecule has 0 N–H and O–H groups in total. The van der Waals surface area contributed by atoms with Crippen molar-refractivity contribution in [3.05, 3.63) is 29.8 Å². The first-order valence-corrected chi connectivity index (χ1v) is 6.52. The molecule has 94 valence electrons. The molecular formula is C12H14Cl3NO. The zero-order chi connectivity index (χ0) is 12.6. The van der Waals surface area contributed by atoms with Gasteiger partial charge < -0.3 is 4.74 Å². The minimum Gasteiger partial charge on any atom is -0.497 e. The van der Waals surface area contributed by atoms with Crippen molar-refractivity contribution in [1.29, 1.82) is 0 Å². The highest BCUT2D eigenvalue weighted by Crippen LogP contribution is 2.46. The van der Waals surface area contributed by atoms with E-state index in [1.165, 1.54) is 5.56 Å². The zero-order valence-corrected chi connectivity index (χ0v) is 11.9. The fourth-order valence-electron chi connectivity index (χ4n) is 2.13. The molecule has 0 spiro atoms. The van der Waals surface area contributed by atoms with Gasteiger partial charge in [-0.2, -0.15) is 0 Å². The molecule has 5 heteroatoms. The highest BCUT2D eigenvalue weighted by Gasteiger charge is 2.47. The number of hydrogen-bond acceptors (Lipinski definition) is 2. The van der Waals surface area contributed by atoms with Crippen molar-refractivity contribution in [3.63, 3.8) is 0 Å². The Morgan fingerprint density at radius 1 is 1.24 bits per heavy atom. The number of rotatable bonds is 3. The van der Waals surface area contributed by atoms with E-state index >= 15 is 0 Å². The molecule has 17 heavy (non-hydrogen) atoms. The predicted octanol–water partition coefficient (Wildman–Crippen LogP) is 3.81. The highest BCUT2D eigenvalue weighted by molar-refractivity contribution is 6.67. The smallest absolute Gasteiger partial charge is 0.203 e. The van der Waals surface area contributed by atoms with Crippen molar-refractivity contribution < 1.29 is 4.74 Å². The van der Waals surface area contributed by atoms with Gasteiger partial charge in [-0.1, -0.05) is 46.9 Å². The SMILES string of the molecule is COc1ccc(C2C(C)N2CC(Cl)(Cl)Cl)cc1. The monoisotopic (exact) mass is 293 g/mol. The van der Waals surface area contributed by atoms with E-state index in [0.717, 1.165) is 5.75 Å². The van der Waals surface area contributed by atoms with Gasteiger partial charge in [0, 0.05) is 12.6 Å². The van der Waals surface area contributed by atoms with E-state index in [-0.39, 0.29) is 0 Å². The Morgan fingerprint density at radius 3 is 2.29 bits per heavy atom. The van der Waals surface area contributed by atoms with Gasteiger partial charge in [0.05, 0.1) is 13.2 Å². The fourth-order valence-corrected chi connectivity index (χ4v) is 2.54. The summed E-state index contributed by atoms with van der Waals surface area (Å²) in [5, 5.41) is 0. The van der Waals surface area contributed by atoms with Crippen LogP contribution in [0.3, 0.4) is 0 Å². The first-order valence-electron chi connectivity index (χ1n) is 5.39. The number of hydrogen-bond donors (Lipinski definition) is 0. The van der Waals surface area contributed by atoms with Gasteiger partial charge in [0.1, 0.15) is 5.75 Å². The Kier molecular flexibility index (Phi) is 3.79. The standard InChI is InChI=1S/C12H14Cl3NO/c1-8-11(16(8)7-12(13,14)15)9-3-5-10(17-2)6-4-9/h3-6,8,11H,7H2,1-2H3. The second-order valence-corrected chi connectivity index (χ2v) is 6.76. The van der Waals surface area contributed by atoms with E-state index in [0.29, 0.717) is 18.6 Å². The van der Waals surface area contributed by atoms with Crippen molar-refractivity contribution in [1.82, 2.24) is 4.90 Å². The number of alkyl halides is 3. The summed E-state index contributed by atoms with van der Waals surface area (Å²) in [6.07, 6.45) is 0. The maximum atomic E-state index is 5.80. The molecule has 2 rings (SSSR count). The van der Waals surface area contributed by atoms with E-state index < -0.39 is 3.79 Å². The van der Waals surface area contributed by atoms with Crippen LogP contribution in [0, 0.1) is 0 Å². The van der Waals surface area contributed by atoms with Crippen LogP contribution in [0.5, 0.6) is 5.75 Å². The Bertz CT molecular complexity index is 388. The molecule has 1 aromatic carbocycles. The number of ether oxygens (including phenoxy) is 1. The lowest BCUT2D eigenvalue weighted by atomic mass is 10.1. The Hall–Kier alpha value is -0.150. The van der Waals surface area contributed by atoms with Gasteiger partial charge in [-0.3, -0.25) is 4.90 Å². The molecule has 1 fully saturated rings. The zero-order valence-electron chi connectivity index (χ0n) is 9.66. The van der Waals surface area contributed by atoms with Gasteiger partial charge in [-0.25, -0.2) is 0 Å². The fraction of sp³-hybridized carbons (Fsp3) is 0.500. The number of benzene rings is 1. The molecule has 1 aliphatic heterocycles. The first-order chi connectivity index (χ1) is 7.92. The number of nitrogens with zero attached hydrogens (tertiary/aromatic N) is 1. The summed E-state index contributed by atoms with van der Waals surface area (Å²) in [6, 6.07) is 8.77. The average molecular weight is 295 g/mol. The van der Waals surface area contributed by atoms with E-state index in [9.17, 15) is 0 Å². The highest BCUT2D eigenvalue weighted by atomic mass is 35.6. The van der Waals surface area contributed by atoms with E-state index in [1.54, 1.807) is 7.11 Å². The molecule has 0 aromatic heterocycles. The van der Waals surface area contributed by atoms with Gasteiger partial charge in [0.15, 0.2) is 0 Å². The first kappa shape index (κ1) is 13.3. The minimum atomic E-state index is -1.21. The topological polar surface area (TPSA) is 12.2 Å². The third-order valence-electron chi connectivity index (χ3n) is 3.07. The van der Waals surface area contributed by atoms with Gasteiger partial charge in [-0.15, -0.1) is 0 Å². The van der Waals surface area contributed by atoms with E-state index in [2.05, 4.69) is 24.0 Å². The lowest BCUT2D eigenvalue weighted by Gasteiger charge is -2.12. The lowest BCUT2D eigenvalue weighted by Crippen LogP contribution is -2.18. The molecule has 1 heterocycles. The second-order valence-electron chi connectivity index (χ2n) is 4.25. The summed E-state index contributed by atoms with van der Waals surface area (Å²) in [4.78, 5) is 2.16. The molecule has 0 radical (unpaired) electrons. The summed E-state index contributed by atoms with van der Waals surface area (Å²) in [5.74, 6) is 0.856. The molecule has 0 aliphatic carbocycles. The maximum Gasteiger partial charge on any atom is 0.203 e. The van der Waals surface area contributed by atoms with Crippen LogP contribution in [0.2, 0.25) is 0 Å². The Balaban J connectivity index is 2.04. The lowest BCUT2D eigenvalue weighted by molar-refractivity contribution is 0.414. The summed E-state index contributed by atoms with van der Waals surface area (Å²) in [6.45, 7) is 2.58. The third-order valence-corrected chi connectivity index (χ3v) is 3.43. The molecule has 0 amide bonds. The van der Waals surface area contributed by atoms with Crippen LogP contribution in [-0.4, -0.2) is 28.4 Å². The molecule has 0 bridgehead atoms. The van der Waals surface area contributed by atoms with Crippen LogP contribution in [0.4, 0.5) is 0 Å². The number of methoxy groups -OCH3 is 1. The molecule has 3 atom stereocenters. The van der Waals surface area contributed by atoms with Gasteiger partial charge in [0.2, 0.25) is 3.79 Å². The van der Waals surface area contributed by atoms with Crippen LogP contribution < -0.4 is 4.74 Å². The van der Waals surface area contributed by atoms with Gasteiger partial charge in [-0.05, 0) is 24.6 Å². The molecule has 1 aromatic rings. The van der Waals surface area contributed by atoms with Crippen molar-refractivity contribution >= 4 is 34.8 Å². The maximum absolute atomic E-state index is 5.80. The largest absolute Gasteiger partial charge is 0.497 e. The third kappa shape index (κ3) is 3.19. The van der Waals surface area contributed by atoms with E-state index in [1.807, 2.05) is 12.1 Å². The normalized spacial score (nSPS) is 27.9. The Labute approximate surface area is 116 Å². The molecule has 2 nitrogen and oxygen atoms in total. The molecule has 3 unspecified atom stereocenters. The summed E-state index contributed by atoms with van der Waals surface area (Å²) in [5.41, 5.74) is 1.23. The average Bonchev–Trinajstić information content (AvgIpc) is 2.86. The number of halogens is 3. The van der Waals surface area contributed by atoms with Gasteiger partial charge in [0.25, 0.3) is 0 Å². The summed E-state index contributed by atoms with van der Waals surface area (Å²) >= 11 is 17.4. The van der Waals surface area contributed by atoms with Crippen LogP contribution in [0.15, 0.2) is 24.3 Å². The van der Waals surface area contributed by atoms with Crippen molar-refractivity contribution in [2.45, 2.75) is 22.8 Å². The van der Waals surface area contributed by atoms with Crippen LogP contribution in [0.1, 0.15) is 18.5 Å². The molecular weight excluding hydrogens is 280 g/mol. The van der Waals surface area contributed by atoms with Gasteiger partial charge >= 0.3 is 0 Å². The molecule has 1 saturated heterocycles. The predicted molar refractivity (Wildman–Crippen MR) is 72.2 cm³/mol. The van der Waals surface area contributed by atoms with Crippen LogP contribution in [-0.2, 0) is 0 Å². The quantitative estimate of drug-likeness (QED) is 0.621. The van der Waals surface area contributed by atoms with Crippen molar-refractivity contribution in [2.75, 3.05) is 13.7 Å².